The van der Waals surface area contributed by atoms with Gasteiger partial charge in [0.1, 0.15) is 0 Å². The molecule has 0 radical (unpaired) electrons. The summed E-state index contributed by atoms with van der Waals surface area (Å²) in [5, 5.41) is 2.72. The minimum absolute atomic E-state index is 0.478. The standard InChI is InChI=1S/C22H18/c1-13(2)20-21-16-9-5-6-10-17(16)22(20)19-12-15-8-4-3-7-14(15)11-18(19)21/h3-12,21-22H,1-2H3/t21-,22+. The molecule has 0 amide bonds. The maximum Gasteiger partial charge on any atom is 0.0317 e. The van der Waals surface area contributed by atoms with Gasteiger partial charge in [-0.15, -0.1) is 0 Å². The Hall–Kier alpha value is -2.34. The van der Waals surface area contributed by atoms with Crippen LogP contribution in [0.5, 0.6) is 0 Å². The Morgan fingerprint density at radius 3 is 1.55 bits per heavy atom. The molecule has 0 fully saturated rings. The Kier molecular flexibility index (Phi) is 2.28. The third kappa shape index (κ3) is 1.38. The lowest BCUT2D eigenvalue weighted by molar-refractivity contribution is 0.982. The Balaban J connectivity index is 1.88. The second-order valence-corrected chi connectivity index (χ2v) is 6.78. The second-order valence-electron chi connectivity index (χ2n) is 6.78. The van der Waals surface area contributed by atoms with Gasteiger partial charge in [-0.05, 0) is 64.6 Å². The molecular formula is C22H18. The van der Waals surface area contributed by atoms with E-state index in [1.54, 1.807) is 5.57 Å². The molecule has 0 nitrogen and oxygen atoms in total. The highest BCUT2D eigenvalue weighted by molar-refractivity contribution is 5.87. The van der Waals surface area contributed by atoms with Crippen molar-refractivity contribution in [2.45, 2.75) is 25.7 Å². The van der Waals surface area contributed by atoms with E-state index in [4.69, 9.17) is 0 Å². The summed E-state index contributed by atoms with van der Waals surface area (Å²) in [7, 11) is 0. The van der Waals surface area contributed by atoms with Gasteiger partial charge >= 0.3 is 0 Å². The van der Waals surface area contributed by atoms with E-state index in [9.17, 15) is 0 Å². The van der Waals surface area contributed by atoms with E-state index in [1.165, 1.54) is 38.6 Å². The zero-order valence-corrected chi connectivity index (χ0v) is 12.9. The Morgan fingerprint density at radius 2 is 1.09 bits per heavy atom. The molecule has 22 heavy (non-hydrogen) atoms. The summed E-state index contributed by atoms with van der Waals surface area (Å²) in [6.45, 7) is 4.54. The molecule has 2 bridgehead atoms. The van der Waals surface area contributed by atoms with Crippen LogP contribution in [0.4, 0.5) is 0 Å². The molecule has 0 heterocycles. The van der Waals surface area contributed by atoms with Gasteiger partial charge in [0.2, 0.25) is 0 Å². The molecule has 0 unspecified atom stereocenters. The van der Waals surface area contributed by atoms with Crippen LogP contribution in [0.2, 0.25) is 0 Å². The van der Waals surface area contributed by atoms with E-state index in [2.05, 4.69) is 74.5 Å². The van der Waals surface area contributed by atoms with Crippen molar-refractivity contribution in [3.63, 3.8) is 0 Å². The van der Waals surface area contributed by atoms with Gasteiger partial charge in [0.15, 0.2) is 0 Å². The first-order valence-electron chi connectivity index (χ1n) is 8.04. The van der Waals surface area contributed by atoms with Gasteiger partial charge in [-0.1, -0.05) is 54.1 Å². The van der Waals surface area contributed by atoms with Crippen LogP contribution in [0, 0.1) is 0 Å². The summed E-state index contributed by atoms with van der Waals surface area (Å²) in [5.74, 6) is 0.955. The van der Waals surface area contributed by atoms with Crippen LogP contribution in [0.3, 0.4) is 0 Å². The van der Waals surface area contributed by atoms with Crippen LogP contribution < -0.4 is 0 Å². The molecule has 2 aliphatic carbocycles. The van der Waals surface area contributed by atoms with Gasteiger partial charge in [0, 0.05) is 11.8 Å². The molecular weight excluding hydrogens is 264 g/mol. The fourth-order valence-electron chi connectivity index (χ4n) is 4.56. The lowest BCUT2D eigenvalue weighted by atomic mass is 9.85. The summed E-state index contributed by atoms with van der Waals surface area (Å²) in [6, 6.07) is 22.6. The topological polar surface area (TPSA) is 0 Å². The van der Waals surface area contributed by atoms with Gasteiger partial charge in [-0.25, -0.2) is 0 Å². The number of hydrogen-bond donors (Lipinski definition) is 0. The highest BCUT2D eigenvalue weighted by Crippen LogP contribution is 2.61. The second kappa shape index (κ2) is 4.10. The fourth-order valence-corrected chi connectivity index (χ4v) is 4.56. The van der Waals surface area contributed by atoms with Crippen LogP contribution in [0.25, 0.3) is 10.8 Å². The first kappa shape index (κ1) is 12.2. The molecule has 0 saturated carbocycles. The molecule has 0 spiro atoms. The molecule has 0 aliphatic heterocycles. The highest BCUT2D eigenvalue weighted by Gasteiger charge is 2.45. The van der Waals surface area contributed by atoms with Gasteiger partial charge in [0.05, 0.1) is 0 Å². The highest BCUT2D eigenvalue weighted by atomic mass is 14.5. The minimum Gasteiger partial charge on any atom is -0.0753 e. The van der Waals surface area contributed by atoms with E-state index >= 15 is 0 Å². The quantitative estimate of drug-likeness (QED) is 0.459. The molecule has 0 N–H and O–H groups in total. The molecule has 2 atom stereocenters. The van der Waals surface area contributed by atoms with Gasteiger partial charge in [-0.3, -0.25) is 0 Å². The van der Waals surface area contributed by atoms with Crippen molar-refractivity contribution in [3.8, 4) is 0 Å². The van der Waals surface area contributed by atoms with Crippen molar-refractivity contribution in [1.29, 1.82) is 0 Å². The third-order valence-electron chi connectivity index (χ3n) is 5.39. The summed E-state index contributed by atoms with van der Waals surface area (Å²) < 4.78 is 0. The summed E-state index contributed by atoms with van der Waals surface area (Å²) in [4.78, 5) is 0. The maximum absolute atomic E-state index is 2.42. The van der Waals surface area contributed by atoms with Crippen LogP contribution >= 0.6 is 0 Å². The molecule has 3 aromatic rings. The average Bonchev–Trinajstić information content (AvgIpc) is 3.05. The van der Waals surface area contributed by atoms with E-state index in [-0.39, 0.29) is 0 Å². The predicted molar refractivity (Wildman–Crippen MR) is 92.5 cm³/mol. The van der Waals surface area contributed by atoms with E-state index in [0.717, 1.165) is 0 Å². The summed E-state index contributed by atoms with van der Waals surface area (Å²) in [5.41, 5.74) is 9.19. The maximum atomic E-state index is 2.42. The number of rotatable bonds is 0. The number of fused-ring (bicyclic) bond motifs is 9. The smallest absolute Gasteiger partial charge is 0.0317 e. The van der Waals surface area contributed by atoms with Crippen molar-refractivity contribution in [3.05, 3.63) is 94.1 Å². The summed E-state index contributed by atoms with van der Waals surface area (Å²) >= 11 is 0. The third-order valence-corrected chi connectivity index (χ3v) is 5.39. The molecule has 0 saturated heterocycles. The molecule has 5 rings (SSSR count). The molecule has 106 valence electrons. The predicted octanol–water partition coefficient (Wildman–Crippen LogP) is 5.77. The van der Waals surface area contributed by atoms with Gasteiger partial charge in [0.25, 0.3) is 0 Å². The molecule has 2 aliphatic rings. The van der Waals surface area contributed by atoms with Crippen LogP contribution in [0.15, 0.2) is 71.8 Å². The molecule has 0 heteroatoms. The van der Waals surface area contributed by atoms with E-state index < -0.39 is 0 Å². The molecule has 3 aromatic carbocycles. The first-order valence-corrected chi connectivity index (χ1v) is 8.04. The van der Waals surface area contributed by atoms with Crippen molar-refractivity contribution >= 4 is 10.8 Å². The summed E-state index contributed by atoms with van der Waals surface area (Å²) in [6.07, 6.45) is 0. The van der Waals surface area contributed by atoms with Crippen molar-refractivity contribution in [1.82, 2.24) is 0 Å². The Bertz CT molecular complexity index is 883. The van der Waals surface area contributed by atoms with Gasteiger partial charge in [-0.2, -0.15) is 0 Å². The monoisotopic (exact) mass is 282 g/mol. The Morgan fingerprint density at radius 1 is 0.636 bits per heavy atom. The average molecular weight is 282 g/mol. The van der Waals surface area contributed by atoms with Crippen LogP contribution in [-0.2, 0) is 0 Å². The zero-order valence-electron chi connectivity index (χ0n) is 12.9. The lowest BCUT2D eigenvalue weighted by Crippen LogP contribution is -2.02. The largest absolute Gasteiger partial charge is 0.0753 e. The fraction of sp³-hybridized carbons (Fsp3) is 0.182. The molecule has 0 aromatic heterocycles. The zero-order chi connectivity index (χ0) is 14.8. The normalized spacial score (nSPS) is 21.1. The van der Waals surface area contributed by atoms with E-state index in [1.807, 2.05) is 0 Å². The van der Waals surface area contributed by atoms with Crippen LogP contribution in [0.1, 0.15) is 47.9 Å². The van der Waals surface area contributed by atoms with Crippen molar-refractivity contribution in [2.75, 3.05) is 0 Å². The number of allylic oxidation sites excluding steroid dienone is 2. The van der Waals surface area contributed by atoms with Crippen molar-refractivity contribution in [2.24, 2.45) is 0 Å². The van der Waals surface area contributed by atoms with Crippen LogP contribution in [-0.4, -0.2) is 0 Å². The van der Waals surface area contributed by atoms with Crippen molar-refractivity contribution < 1.29 is 0 Å². The number of hydrogen-bond acceptors (Lipinski definition) is 0. The SMILES string of the molecule is CC(C)=C1[C@@H]2c3ccccc3[C@H]1c1cc3ccccc3cc12. The lowest BCUT2D eigenvalue weighted by Gasteiger charge is -2.19. The number of benzene rings is 3. The first-order chi connectivity index (χ1) is 10.8. The Labute approximate surface area is 131 Å². The minimum atomic E-state index is 0.478. The van der Waals surface area contributed by atoms with E-state index in [0.29, 0.717) is 11.8 Å². The van der Waals surface area contributed by atoms with Gasteiger partial charge < -0.3 is 0 Å².